The third-order valence-corrected chi connectivity index (χ3v) is 6.01. The van der Waals surface area contributed by atoms with E-state index in [0.717, 1.165) is 11.8 Å². The summed E-state index contributed by atoms with van der Waals surface area (Å²) in [5.74, 6) is -0.451. The number of carbonyl (C=O) groups is 1. The van der Waals surface area contributed by atoms with Crippen LogP contribution >= 0.6 is 69.8 Å². The van der Waals surface area contributed by atoms with Crippen LogP contribution in [0, 0.1) is 0 Å². The summed E-state index contributed by atoms with van der Waals surface area (Å²) in [6, 6.07) is 8.61. The van der Waals surface area contributed by atoms with Gasteiger partial charge in [0.25, 0.3) is 0 Å². The van der Waals surface area contributed by atoms with Gasteiger partial charge in [-0.15, -0.1) is 0 Å². The van der Waals surface area contributed by atoms with Crippen LogP contribution in [0.2, 0.25) is 25.1 Å². The molecule has 0 aromatic heterocycles. The minimum Gasteiger partial charge on any atom is -0.451 e. The Balaban J connectivity index is 2.08. The summed E-state index contributed by atoms with van der Waals surface area (Å²) in [5.41, 5.74) is 0.451. The zero-order chi connectivity index (χ0) is 16.3. The van der Waals surface area contributed by atoms with Crippen molar-refractivity contribution in [2.75, 3.05) is 5.94 Å². The number of esters is 1. The molecule has 0 aliphatic heterocycles. The van der Waals surface area contributed by atoms with E-state index in [1.807, 2.05) is 6.07 Å². The van der Waals surface area contributed by atoms with Crippen molar-refractivity contribution < 1.29 is 9.53 Å². The van der Waals surface area contributed by atoms with E-state index in [2.05, 4.69) is 0 Å². The van der Waals surface area contributed by atoms with Crippen molar-refractivity contribution >= 4 is 75.7 Å². The summed E-state index contributed by atoms with van der Waals surface area (Å²) < 4.78 is 5.14. The smallest absolute Gasteiger partial charge is 0.338 e. The molecule has 0 aliphatic carbocycles. The molecule has 0 saturated carbocycles. The van der Waals surface area contributed by atoms with Crippen LogP contribution in [0.25, 0.3) is 0 Å². The van der Waals surface area contributed by atoms with Gasteiger partial charge < -0.3 is 4.74 Å². The normalized spacial score (nSPS) is 10.6. The molecule has 0 bridgehead atoms. The first-order chi connectivity index (χ1) is 10.4. The molecule has 0 unspecified atom stereocenters. The lowest BCUT2D eigenvalue weighted by molar-refractivity contribution is 0.0579. The summed E-state index contributed by atoms with van der Waals surface area (Å²) in [5, 5.41) is 0.636. The molecule has 2 aromatic rings. The van der Waals surface area contributed by atoms with Gasteiger partial charge in [-0.2, -0.15) is 0 Å². The van der Waals surface area contributed by atoms with Crippen molar-refractivity contribution in [3.63, 3.8) is 0 Å². The van der Waals surface area contributed by atoms with E-state index in [4.69, 9.17) is 62.7 Å². The average Bonchev–Trinajstić information content (AvgIpc) is 2.55. The molecule has 0 radical (unpaired) electrons. The second-order valence-electron chi connectivity index (χ2n) is 3.96. The van der Waals surface area contributed by atoms with Crippen LogP contribution in [0.1, 0.15) is 10.4 Å². The Bertz CT molecular complexity index is 677. The maximum absolute atomic E-state index is 11.8. The quantitative estimate of drug-likeness (QED) is 0.179. The number of halogens is 5. The van der Waals surface area contributed by atoms with Crippen molar-refractivity contribution in [2.45, 2.75) is 4.90 Å². The Morgan fingerprint density at radius 3 is 1.91 bits per heavy atom. The molecule has 2 rings (SSSR count). The summed E-state index contributed by atoms with van der Waals surface area (Å²) >= 11 is 31.1. The van der Waals surface area contributed by atoms with Gasteiger partial charge in [0.1, 0.15) is 5.94 Å². The average molecular weight is 417 g/mol. The number of benzene rings is 2. The molecule has 22 heavy (non-hydrogen) atoms. The molecule has 0 fully saturated rings. The monoisotopic (exact) mass is 414 g/mol. The summed E-state index contributed by atoms with van der Waals surface area (Å²) in [6.45, 7) is 0. The van der Waals surface area contributed by atoms with Crippen LogP contribution in [0.15, 0.2) is 35.2 Å². The molecule has 8 heteroatoms. The first-order valence-electron chi connectivity index (χ1n) is 5.80. The summed E-state index contributed by atoms with van der Waals surface area (Å²) in [7, 11) is 0. The maximum atomic E-state index is 11.8. The Labute approximate surface area is 156 Å². The molecular formula is C14H7Cl5O2S. The maximum Gasteiger partial charge on any atom is 0.338 e. The molecule has 0 saturated heterocycles. The van der Waals surface area contributed by atoms with E-state index < -0.39 is 5.97 Å². The molecular weight excluding hydrogens is 409 g/mol. The van der Waals surface area contributed by atoms with E-state index >= 15 is 0 Å². The van der Waals surface area contributed by atoms with Gasteiger partial charge in [0.05, 0.1) is 35.6 Å². The van der Waals surface area contributed by atoms with Crippen molar-refractivity contribution in [3.8, 4) is 0 Å². The second-order valence-corrected chi connectivity index (χ2v) is 6.78. The van der Waals surface area contributed by atoms with E-state index in [-0.39, 0.29) is 31.1 Å². The molecule has 0 spiro atoms. The fourth-order valence-corrected chi connectivity index (χ4v) is 3.83. The van der Waals surface area contributed by atoms with Gasteiger partial charge in [0, 0.05) is 0 Å². The van der Waals surface area contributed by atoms with Crippen LogP contribution in [-0.2, 0) is 4.74 Å². The highest BCUT2D eigenvalue weighted by Crippen LogP contribution is 2.47. The Hall–Kier alpha value is -0.290. The Morgan fingerprint density at radius 1 is 0.864 bits per heavy atom. The first-order valence-corrected chi connectivity index (χ1v) is 8.67. The van der Waals surface area contributed by atoms with Crippen LogP contribution < -0.4 is 0 Å². The molecule has 0 heterocycles. The Kier molecular flexibility index (Phi) is 6.57. The van der Waals surface area contributed by atoms with Crippen molar-refractivity contribution in [2.24, 2.45) is 0 Å². The lowest BCUT2D eigenvalue weighted by atomic mass is 10.2. The standard InChI is InChI=1S/C14H7Cl5O2S/c15-8-9(16)11(18)13(12(19)10(8)17)22-6-21-14(20)7-4-2-1-3-5-7/h1-5H,6H2. The lowest BCUT2D eigenvalue weighted by Gasteiger charge is -2.12. The minimum atomic E-state index is -0.452. The zero-order valence-electron chi connectivity index (χ0n) is 10.7. The Morgan fingerprint density at radius 2 is 1.36 bits per heavy atom. The molecule has 116 valence electrons. The van der Waals surface area contributed by atoms with Gasteiger partial charge in [0.2, 0.25) is 0 Å². The highest BCUT2D eigenvalue weighted by molar-refractivity contribution is 7.99. The van der Waals surface area contributed by atoms with Crippen LogP contribution in [0.4, 0.5) is 0 Å². The van der Waals surface area contributed by atoms with Gasteiger partial charge in [0.15, 0.2) is 0 Å². The zero-order valence-corrected chi connectivity index (χ0v) is 15.3. The van der Waals surface area contributed by atoms with E-state index in [9.17, 15) is 4.79 Å². The third-order valence-electron chi connectivity index (χ3n) is 2.57. The molecule has 0 atom stereocenters. The fraction of sp³-hybridized carbons (Fsp3) is 0.0714. The number of hydrogen-bond donors (Lipinski definition) is 0. The van der Waals surface area contributed by atoms with Crippen molar-refractivity contribution in [3.05, 3.63) is 61.0 Å². The molecule has 0 aliphatic rings. The van der Waals surface area contributed by atoms with Gasteiger partial charge in [-0.3, -0.25) is 0 Å². The van der Waals surface area contributed by atoms with Crippen molar-refractivity contribution in [1.29, 1.82) is 0 Å². The number of ether oxygens (including phenoxy) is 1. The van der Waals surface area contributed by atoms with Gasteiger partial charge in [-0.05, 0) is 12.1 Å². The fourth-order valence-electron chi connectivity index (χ4n) is 1.51. The predicted octanol–water partition coefficient (Wildman–Crippen LogP) is 6.86. The second kappa shape index (κ2) is 8.00. The van der Waals surface area contributed by atoms with Gasteiger partial charge in [-0.25, -0.2) is 4.79 Å². The largest absolute Gasteiger partial charge is 0.451 e. The highest BCUT2D eigenvalue weighted by atomic mass is 35.5. The lowest BCUT2D eigenvalue weighted by Crippen LogP contribution is -2.04. The van der Waals surface area contributed by atoms with Crippen LogP contribution in [0.3, 0.4) is 0 Å². The van der Waals surface area contributed by atoms with E-state index in [1.54, 1.807) is 24.3 Å². The van der Waals surface area contributed by atoms with Crippen LogP contribution in [-0.4, -0.2) is 11.9 Å². The number of rotatable bonds is 4. The first kappa shape index (κ1) is 18.1. The minimum absolute atomic E-state index is 0.00145. The number of thioether (sulfide) groups is 1. The van der Waals surface area contributed by atoms with Crippen molar-refractivity contribution in [1.82, 2.24) is 0 Å². The predicted molar refractivity (Wildman–Crippen MR) is 94.1 cm³/mol. The number of hydrogen-bond acceptors (Lipinski definition) is 3. The summed E-state index contributed by atoms with van der Waals surface area (Å²) in [6.07, 6.45) is 0. The summed E-state index contributed by atoms with van der Waals surface area (Å²) in [4.78, 5) is 12.2. The van der Waals surface area contributed by atoms with Crippen LogP contribution in [0.5, 0.6) is 0 Å². The third kappa shape index (κ3) is 3.97. The van der Waals surface area contributed by atoms with Gasteiger partial charge >= 0.3 is 5.97 Å². The molecule has 2 aromatic carbocycles. The molecule has 0 amide bonds. The van der Waals surface area contributed by atoms with E-state index in [0.29, 0.717) is 10.5 Å². The van der Waals surface area contributed by atoms with Gasteiger partial charge in [-0.1, -0.05) is 88.0 Å². The topological polar surface area (TPSA) is 26.3 Å². The SMILES string of the molecule is O=C(OCSc1c(Cl)c(Cl)c(Cl)c(Cl)c1Cl)c1ccccc1. The number of carbonyl (C=O) groups excluding carboxylic acids is 1. The highest BCUT2D eigenvalue weighted by Gasteiger charge is 2.20. The van der Waals surface area contributed by atoms with E-state index in [1.165, 1.54) is 0 Å². The molecule has 0 N–H and O–H groups in total. The molecule has 2 nitrogen and oxygen atoms in total.